The van der Waals surface area contributed by atoms with Gasteiger partial charge in [0.05, 0.1) is 11.0 Å². The van der Waals surface area contributed by atoms with E-state index in [-0.39, 0.29) is 12.1 Å². The molecule has 0 saturated heterocycles. The van der Waals surface area contributed by atoms with Crippen molar-refractivity contribution in [1.29, 1.82) is 0 Å². The van der Waals surface area contributed by atoms with Crippen LogP contribution < -0.4 is 16.0 Å². The van der Waals surface area contributed by atoms with E-state index in [1.807, 2.05) is 0 Å². The van der Waals surface area contributed by atoms with Crippen molar-refractivity contribution in [3.63, 3.8) is 0 Å². The number of nitrogens with zero attached hydrogens (tertiary/aromatic N) is 1. The summed E-state index contributed by atoms with van der Waals surface area (Å²) in [7, 11) is 0. The number of rotatable bonds is 4. The summed E-state index contributed by atoms with van der Waals surface area (Å²) in [5.74, 6) is -1.08. The summed E-state index contributed by atoms with van der Waals surface area (Å²) in [6, 6.07) is 6.12. The van der Waals surface area contributed by atoms with Crippen LogP contribution in [0.3, 0.4) is 0 Å². The molecule has 2 aromatic rings. The molecule has 0 spiro atoms. The molecule has 3 rings (SSSR count). The van der Waals surface area contributed by atoms with E-state index in [1.165, 1.54) is 30.3 Å². The number of amides is 2. The summed E-state index contributed by atoms with van der Waals surface area (Å²) >= 11 is 12.2. The molecule has 0 fully saturated rings. The fraction of sp³-hybridized carbons (Fsp3) is 0.176. The number of urea groups is 1. The number of fused-ring (bicyclic) bond motifs is 1. The van der Waals surface area contributed by atoms with Crippen molar-refractivity contribution in [3.8, 4) is 0 Å². The van der Waals surface area contributed by atoms with Gasteiger partial charge in [-0.2, -0.15) is 0 Å². The SMILES string of the molecule is O=C(Nc1ccc([N+](=O)[O-])cc1)N[C@H]1C[C@H](C(=O)O)Nc2cc(Cl)cc(Cl)c21. The van der Waals surface area contributed by atoms with Crippen LogP contribution in [0.5, 0.6) is 0 Å². The summed E-state index contributed by atoms with van der Waals surface area (Å²) in [5.41, 5.74) is 1.19. The monoisotopic (exact) mass is 424 g/mol. The summed E-state index contributed by atoms with van der Waals surface area (Å²) in [6.45, 7) is 0. The molecule has 0 saturated carbocycles. The number of anilines is 2. The number of nitro benzene ring substituents is 1. The number of non-ortho nitro benzene ring substituents is 1. The van der Waals surface area contributed by atoms with Gasteiger partial charge in [0.15, 0.2) is 0 Å². The molecule has 4 N–H and O–H groups in total. The molecule has 2 aromatic carbocycles. The number of carbonyl (C=O) groups is 2. The average Bonchev–Trinajstić information content (AvgIpc) is 2.61. The van der Waals surface area contributed by atoms with Crippen molar-refractivity contribution in [2.24, 2.45) is 0 Å². The molecule has 146 valence electrons. The van der Waals surface area contributed by atoms with Gasteiger partial charge in [0.2, 0.25) is 0 Å². The van der Waals surface area contributed by atoms with Gasteiger partial charge >= 0.3 is 12.0 Å². The number of hydrogen-bond donors (Lipinski definition) is 4. The van der Waals surface area contributed by atoms with Crippen LogP contribution in [-0.2, 0) is 4.79 Å². The molecule has 2 amide bonds. The maximum Gasteiger partial charge on any atom is 0.326 e. The second kappa shape index (κ2) is 7.91. The molecule has 0 aromatic heterocycles. The number of aliphatic carboxylic acids is 1. The van der Waals surface area contributed by atoms with Crippen LogP contribution in [0.2, 0.25) is 10.0 Å². The van der Waals surface area contributed by atoms with E-state index in [0.717, 1.165) is 0 Å². The average molecular weight is 425 g/mol. The number of hydrogen-bond acceptors (Lipinski definition) is 5. The second-order valence-electron chi connectivity index (χ2n) is 6.07. The predicted molar refractivity (Wildman–Crippen MR) is 104 cm³/mol. The Morgan fingerprint density at radius 1 is 1.21 bits per heavy atom. The molecule has 9 nitrogen and oxygen atoms in total. The van der Waals surface area contributed by atoms with Gasteiger partial charge in [-0.15, -0.1) is 0 Å². The van der Waals surface area contributed by atoms with Crippen molar-refractivity contribution >= 4 is 52.3 Å². The quantitative estimate of drug-likeness (QED) is 0.432. The molecule has 1 aliphatic rings. The van der Waals surface area contributed by atoms with Gasteiger partial charge in [-0.25, -0.2) is 9.59 Å². The number of carbonyl (C=O) groups excluding carboxylic acids is 1. The summed E-state index contributed by atoms with van der Waals surface area (Å²) in [5, 5.41) is 28.7. The molecular formula is C17H14Cl2N4O5. The van der Waals surface area contributed by atoms with Crippen LogP contribution >= 0.6 is 23.2 Å². The summed E-state index contributed by atoms with van der Waals surface area (Å²) < 4.78 is 0. The lowest BCUT2D eigenvalue weighted by molar-refractivity contribution is -0.384. The van der Waals surface area contributed by atoms with Crippen LogP contribution in [0, 0.1) is 10.1 Å². The zero-order chi connectivity index (χ0) is 20.4. The van der Waals surface area contributed by atoms with Crippen LogP contribution in [-0.4, -0.2) is 28.1 Å². The highest BCUT2D eigenvalue weighted by atomic mass is 35.5. The molecule has 0 aliphatic carbocycles. The van der Waals surface area contributed by atoms with Crippen LogP contribution in [0.1, 0.15) is 18.0 Å². The lowest BCUT2D eigenvalue weighted by atomic mass is 9.93. The zero-order valence-electron chi connectivity index (χ0n) is 14.1. The molecule has 0 unspecified atom stereocenters. The minimum atomic E-state index is -1.08. The van der Waals surface area contributed by atoms with E-state index < -0.39 is 29.0 Å². The van der Waals surface area contributed by atoms with Gasteiger partial charge in [0, 0.05) is 45.5 Å². The van der Waals surface area contributed by atoms with Gasteiger partial charge in [0.25, 0.3) is 5.69 Å². The Balaban J connectivity index is 1.79. The first-order valence-corrected chi connectivity index (χ1v) is 8.80. The summed E-state index contributed by atoms with van der Waals surface area (Å²) in [4.78, 5) is 33.9. The molecule has 2 atom stereocenters. The number of nitrogens with one attached hydrogen (secondary N) is 3. The van der Waals surface area contributed by atoms with Crippen molar-refractivity contribution in [1.82, 2.24) is 5.32 Å². The first-order chi connectivity index (χ1) is 13.2. The van der Waals surface area contributed by atoms with Crippen LogP contribution in [0.15, 0.2) is 36.4 Å². The van der Waals surface area contributed by atoms with Crippen molar-refractivity contribution in [2.45, 2.75) is 18.5 Å². The highest BCUT2D eigenvalue weighted by Gasteiger charge is 2.33. The van der Waals surface area contributed by atoms with E-state index in [2.05, 4.69) is 16.0 Å². The standard InChI is InChI=1S/C17H14Cl2N4O5/c18-8-5-11(19)15-12(6-8)21-14(16(24)25)7-13(15)22-17(26)20-9-1-3-10(4-2-9)23(27)28/h1-6,13-14,21H,7H2,(H,24,25)(H2,20,22,26)/t13-,14+/m0/s1. The Morgan fingerprint density at radius 2 is 1.89 bits per heavy atom. The summed E-state index contributed by atoms with van der Waals surface area (Å²) in [6.07, 6.45) is 0.0668. The van der Waals surface area contributed by atoms with Crippen LogP contribution in [0.25, 0.3) is 0 Å². The fourth-order valence-corrected chi connectivity index (χ4v) is 3.57. The molecule has 1 aliphatic heterocycles. The lowest BCUT2D eigenvalue weighted by Gasteiger charge is -2.32. The molecule has 0 bridgehead atoms. The maximum atomic E-state index is 12.4. The first kappa shape index (κ1) is 19.7. The van der Waals surface area contributed by atoms with E-state index in [0.29, 0.717) is 27.0 Å². The number of carboxylic acids is 1. The van der Waals surface area contributed by atoms with Gasteiger partial charge in [-0.3, -0.25) is 10.1 Å². The van der Waals surface area contributed by atoms with Crippen molar-refractivity contribution in [3.05, 3.63) is 62.1 Å². The smallest absolute Gasteiger partial charge is 0.326 e. The maximum absolute atomic E-state index is 12.4. The number of halogens is 2. The molecule has 1 heterocycles. The number of nitro groups is 1. The van der Waals surface area contributed by atoms with E-state index in [9.17, 15) is 24.8 Å². The Labute approximate surface area is 168 Å². The van der Waals surface area contributed by atoms with Gasteiger partial charge < -0.3 is 21.1 Å². The van der Waals surface area contributed by atoms with Gasteiger partial charge in [-0.05, 0) is 24.3 Å². The van der Waals surface area contributed by atoms with Gasteiger partial charge in [-0.1, -0.05) is 23.2 Å². The third-order valence-corrected chi connectivity index (χ3v) is 4.71. The van der Waals surface area contributed by atoms with E-state index >= 15 is 0 Å². The third-order valence-electron chi connectivity index (χ3n) is 4.18. The van der Waals surface area contributed by atoms with Crippen molar-refractivity contribution < 1.29 is 19.6 Å². The topological polar surface area (TPSA) is 134 Å². The fourth-order valence-electron chi connectivity index (χ4n) is 2.94. The number of carboxylic acid groups (broad SMARTS) is 1. The molecular weight excluding hydrogens is 411 g/mol. The first-order valence-electron chi connectivity index (χ1n) is 8.05. The Kier molecular flexibility index (Phi) is 5.57. The van der Waals surface area contributed by atoms with E-state index in [4.69, 9.17) is 23.2 Å². The van der Waals surface area contributed by atoms with Crippen molar-refractivity contribution in [2.75, 3.05) is 10.6 Å². The van der Waals surface area contributed by atoms with E-state index in [1.54, 1.807) is 6.07 Å². The third kappa shape index (κ3) is 4.26. The Morgan fingerprint density at radius 3 is 2.50 bits per heavy atom. The minimum absolute atomic E-state index is 0.0668. The Bertz CT molecular complexity index is 951. The Hall–Kier alpha value is -3.04. The highest BCUT2D eigenvalue weighted by Crippen LogP contribution is 2.39. The highest BCUT2D eigenvalue weighted by molar-refractivity contribution is 6.35. The normalized spacial score (nSPS) is 17.8. The zero-order valence-corrected chi connectivity index (χ0v) is 15.6. The number of benzene rings is 2. The predicted octanol–water partition coefficient (Wildman–Crippen LogP) is 4.03. The molecule has 11 heteroatoms. The lowest BCUT2D eigenvalue weighted by Crippen LogP contribution is -2.42. The molecule has 0 radical (unpaired) electrons. The van der Waals surface area contributed by atoms with Crippen LogP contribution in [0.4, 0.5) is 21.9 Å². The molecule has 28 heavy (non-hydrogen) atoms. The van der Waals surface area contributed by atoms with Gasteiger partial charge in [0.1, 0.15) is 6.04 Å². The largest absolute Gasteiger partial charge is 0.480 e. The minimum Gasteiger partial charge on any atom is -0.480 e. The second-order valence-corrected chi connectivity index (χ2v) is 6.92.